The van der Waals surface area contributed by atoms with E-state index >= 15 is 0 Å². The van der Waals surface area contributed by atoms with Crippen LogP contribution < -0.4 is 15.2 Å². The van der Waals surface area contributed by atoms with Crippen LogP contribution in [0.25, 0.3) is 21.5 Å². The minimum atomic E-state index is -0.958. The molecule has 13 heteroatoms. The Morgan fingerprint density at radius 1 is 0.727 bits per heavy atom. The summed E-state index contributed by atoms with van der Waals surface area (Å²) >= 11 is 6.73. The standard InChI is InChI=1S/C23H26BrNO6.C17H17BrO4.C2H6/c24-10-3-1-2-4-20(26)30-18-8-7-15-12-17(6-5-16(15)13-18)22(27)31-19-14-29-23(25)9-11-28-21(19)23;18-9-3-1-2-4-16(19)22-15-8-7-12-10-14(17(20)21)6-5-13(12)11-15;1-2/h5-8,12-13,19,21H,1-4,9-11,14,25H2;5-8,10-11H,1-4,9H2,(H,20,21);1-2H3/t19?,21-,23-;;/m1../s1. The molecule has 0 saturated carbocycles. The molecular formula is C42H49Br2NO10. The van der Waals surface area contributed by atoms with E-state index in [1.165, 1.54) is 6.07 Å². The maximum Gasteiger partial charge on any atom is 0.338 e. The first-order valence-corrected chi connectivity index (χ1v) is 20.9. The van der Waals surface area contributed by atoms with Crippen molar-refractivity contribution in [3.63, 3.8) is 0 Å². The number of alkyl halides is 2. The number of benzene rings is 4. The number of hydrogen-bond donors (Lipinski definition) is 2. The molecule has 0 aromatic heterocycles. The SMILES string of the molecule is CC.N[C@@]12CCO[C@@H]1C(OC(=O)c1ccc3cc(OC(=O)CCCCCBr)ccc3c1)CO2.O=C(CCCCCBr)Oc1ccc2cc(C(=O)O)ccc2c1. The lowest BCUT2D eigenvalue weighted by atomic mass is 10.1. The van der Waals surface area contributed by atoms with Gasteiger partial charge in [0.15, 0.2) is 6.10 Å². The van der Waals surface area contributed by atoms with Gasteiger partial charge in [-0.2, -0.15) is 0 Å². The van der Waals surface area contributed by atoms with Crippen molar-refractivity contribution in [2.45, 2.75) is 89.6 Å². The Morgan fingerprint density at radius 2 is 1.22 bits per heavy atom. The molecule has 2 saturated heterocycles. The fourth-order valence-corrected chi connectivity index (χ4v) is 6.90. The number of carboxylic acid groups (broad SMARTS) is 1. The number of nitrogens with two attached hydrogens (primary N) is 1. The lowest BCUT2D eigenvalue weighted by Gasteiger charge is -2.22. The summed E-state index contributed by atoms with van der Waals surface area (Å²) in [4.78, 5) is 47.3. The molecule has 3 N–H and O–H groups in total. The van der Waals surface area contributed by atoms with E-state index in [4.69, 9.17) is 34.5 Å². The smallest absolute Gasteiger partial charge is 0.338 e. The molecule has 4 aromatic rings. The molecule has 2 heterocycles. The predicted molar refractivity (Wildman–Crippen MR) is 218 cm³/mol. The van der Waals surface area contributed by atoms with Crippen LogP contribution in [0.4, 0.5) is 0 Å². The molecule has 0 amide bonds. The second-order valence-corrected chi connectivity index (χ2v) is 14.5. The van der Waals surface area contributed by atoms with E-state index in [1.54, 1.807) is 54.6 Å². The molecule has 55 heavy (non-hydrogen) atoms. The van der Waals surface area contributed by atoms with Crippen molar-refractivity contribution in [1.29, 1.82) is 0 Å². The van der Waals surface area contributed by atoms with Gasteiger partial charge >= 0.3 is 23.9 Å². The van der Waals surface area contributed by atoms with Crippen LogP contribution in [0.1, 0.15) is 92.4 Å². The number of ether oxygens (including phenoxy) is 5. The molecule has 296 valence electrons. The summed E-state index contributed by atoms with van der Waals surface area (Å²) in [5, 5.41) is 14.2. The largest absolute Gasteiger partial charge is 0.478 e. The summed E-state index contributed by atoms with van der Waals surface area (Å²) in [6, 6.07) is 20.6. The Bertz CT molecular complexity index is 1920. The molecule has 11 nitrogen and oxygen atoms in total. The number of fused-ring (bicyclic) bond motifs is 3. The summed E-state index contributed by atoms with van der Waals surface area (Å²) in [5.74, 6) is -0.903. The number of aromatic carboxylic acids is 1. The average molecular weight is 888 g/mol. The normalized spacial score (nSPS) is 18.3. The van der Waals surface area contributed by atoms with Crippen molar-refractivity contribution >= 4 is 77.3 Å². The van der Waals surface area contributed by atoms with Gasteiger partial charge in [-0.15, -0.1) is 0 Å². The van der Waals surface area contributed by atoms with Gasteiger partial charge in [0, 0.05) is 29.9 Å². The Labute approximate surface area is 338 Å². The van der Waals surface area contributed by atoms with E-state index in [2.05, 4.69) is 31.9 Å². The molecule has 0 aliphatic carbocycles. The summed E-state index contributed by atoms with van der Waals surface area (Å²) in [6.07, 6.45) is 6.15. The maximum absolute atomic E-state index is 12.7. The van der Waals surface area contributed by atoms with Gasteiger partial charge in [-0.3, -0.25) is 9.59 Å². The van der Waals surface area contributed by atoms with Crippen LogP contribution in [0.2, 0.25) is 0 Å². The summed E-state index contributed by atoms with van der Waals surface area (Å²) in [6.45, 7) is 4.72. The van der Waals surface area contributed by atoms with E-state index in [9.17, 15) is 19.2 Å². The maximum atomic E-state index is 12.7. The highest BCUT2D eigenvalue weighted by molar-refractivity contribution is 9.09. The van der Waals surface area contributed by atoms with Gasteiger partial charge in [-0.25, -0.2) is 9.59 Å². The first-order valence-electron chi connectivity index (χ1n) is 18.7. The van der Waals surface area contributed by atoms with Crippen LogP contribution in [0.15, 0.2) is 72.8 Å². The van der Waals surface area contributed by atoms with Gasteiger partial charge in [0.2, 0.25) is 0 Å². The number of unbranched alkanes of at least 4 members (excludes halogenated alkanes) is 4. The second kappa shape index (κ2) is 22.0. The third kappa shape index (κ3) is 12.8. The minimum Gasteiger partial charge on any atom is -0.478 e. The van der Waals surface area contributed by atoms with Crippen LogP contribution >= 0.6 is 31.9 Å². The second-order valence-electron chi connectivity index (χ2n) is 13.0. The molecule has 0 radical (unpaired) electrons. The summed E-state index contributed by atoms with van der Waals surface area (Å²) < 4.78 is 27.6. The Balaban J connectivity index is 0.000000247. The van der Waals surface area contributed by atoms with Crippen LogP contribution in [0, 0.1) is 0 Å². The Morgan fingerprint density at radius 3 is 1.75 bits per heavy atom. The van der Waals surface area contributed by atoms with E-state index in [-0.39, 0.29) is 24.1 Å². The zero-order chi connectivity index (χ0) is 39.8. The lowest BCUT2D eigenvalue weighted by Crippen LogP contribution is -2.48. The minimum absolute atomic E-state index is 0.228. The summed E-state index contributed by atoms with van der Waals surface area (Å²) in [5.41, 5.74) is 5.96. The van der Waals surface area contributed by atoms with E-state index in [0.29, 0.717) is 42.9 Å². The molecule has 3 atom stereocenters. The highest BCUT2D eigenvalue weighted by atomic mass is 79.9. The van der Waals surface area contributed by atoms with Crippen molar-refractivity contribution in [3.05, 3.63) is 83.9 Å². The number of carboxylic acids is 1. The van der Waals surface area contributed by atoms with E-state index in [0.717, 1.165) is 70.7 Å². The Hall–Kier alpha value is -3.88. The molecule has 0 spiro atoms. The molecule has 1 unspecified atom stereocenters. The molecule has 2 aliphatic rings. The van der Waals surface area contributed by atoms with Gasteiger partial charge in [0.25, 0.3) is 0 Å². The molecule has 4 aromatic carbocycles. The fraction of sp³-hybridized carbons (Fsp3) is 0.429. The molecular weight excluding hydrogens is 838 g/mol. The van der Waals surface area contributed by atoms with E-state index in [1.807, 2.05) is 26.0 Å². The third-order valence-electron chi connectivity index (χ3n) is 8.98. The van der Waals surface area contributed by atoms with Crippen molar-refractivity contribution in [3.8, 4) is 11.5 Å². The first kappa shape index (κ1) is 43.8. The highest BCUT2D eigenvalue weighted by Crippen LogP contribution is 2.35. The number of halogens is 2. The zero-order valence-electron chi connectivity index (χ0n) is 31.2. The third-order valence-corrected chi connectivity index (χ3v) is 10.1. The van der Waals surface area contributed by atoms with Gasteiger partial charge in [-0.1, -0.05) is 82.8 Å². The predicted octanol–water partition coefficient (Wildman–Crippen LogP) is 9.12. The van der Waals surface area contributed by atoms with Crippen LogP contribution in [0.5, 0.6) is 11.5 Å². The molecule has 2 aliphatic heterocycles. The van der Waals surface area contributed by atoms with Crippen molar-refractivity contribution in [2.75, 3.05) is 23.9 Å². The molecule has 2 fully saturated rings. The van der Waals surface area contributed by atoms with Gasteiger partial charge in [0.1, 0.15) is 23.3 Å². The van der Waals surface area contributed by atoms with Gasteiger partial charge in [0.05, 0.1) is 24.3 Å². The van der Waals surface area contributed by atoms with E-state index < -0.39 is 29.9 Å². The number of hydrogen-bond acceptors (Lipinski definition) is 10. The fourth-order valence-electron chi connectivity index (χ4n) is 6.11. The van der Waals surface area contributed by atoms with Crippen LogP contribution in [-0.2, 0) is 23.8 Å². The molecule has 0 bridgehead atoms. The molecule has 6 rings (SSSR count). The summed E-state index contributed by atoms with van der Waals surface area (Å²) in [7, 11) is 0. The lowest BCUT2D eigenvalue weighted by molar-refractivity contribution is -0.135. The number of carbonyl (C=O) groups excluding carboxylic acids is 3. The number of esters is 3. The number of rotatable bonds is 15. The zero-order valence-corrected chi connectivity index (χ0v) is 34.4. The first-order chi connectivity index (χ1) is 26.6. The van der Waals surface area contributed by atoms with Crippen molar-refractivity contribution in [2.24, 2.45) is 5.73 Å². The number of carbonyl (C=O) groups is 4. The monoisotopic (exact) mass is 885 g/mol. The topological polar surface area (TPSA) is 161 Å². The van der Waals surface area contributed by atoms with Gasteiger partial charge in [-0.05, 0) is 95.8 Å². The quantitative estimate of drug-likeness (QED) is 0.0507. The van der Waals surface area contributed by atoms with Gasteiger partial charge < -0.3 is 34.5 Å². The van der Waals surface area contributed by atoms with Crippen LogP contribution in [-0.4, -0.2) is 70.8 Å². The highest BCUT2D eigenvalue weighted by Gasteiger charge is 2.53. The van der Waals surface area contributed by atoms with Crippen molar-refractivity contribution < 1.29 is 48.0 Å². The Kier molecular flexibility index (Phi) is 17.5. The average Bonchev–Trinajstić information content (AvgIpc) is 3.72. The van der Waals surface area contributed by atoms with Crippen molar-refractivity contribution in [1.82, 2.24) is 0 Å². The van der Waals surface area contributed by atoms with Crippen LogP contribution in [0.3, 0.4) is 0 Å².